The molecule has 5 heteroatoms. The van der Waals surface area contributed by atoms with Crippen molar-refractivity contribution in [3.8, 4) is 0 Å². The number of anilines is 2. The van der Waals surface area contributed by atoms with Crippen molar-refractivity contribution in [3.63, 3.8) is 0 Å². The van der Waals surface area contributed by atoms with Gasteiger partial charge in [0.05, 0.1) is 6.20 Å². The Kier molecular flexibility index (Phi) is 4.64. The fourth-order valence-electron chi connectivity index (χ4n) is 2.59. The normalized spacial score (nSPS) is 16.6. The summed E-state index contributed by atoms with van der Waals surface area (Å²) < 4.78 is 0. The van der Waals surface area contributed by atoms with Crippen LogP contribution in [0.4, 0.5) is 11.8 Å². The zero-order valence-corrected chi connectivity index (χ0v) is 11.9. The van der Waals surface area contributed by atoms with Crippen LogP contribution in [-0.4, -0.2) is 30.6 Å². The Morgan fingerprint density at radius 2 is 2.11 bits per heavy atom. The molecule has 1 aromatic rings. The number of halogens is 1. The summed E-state index contributed by atoms with van der Waals surface area (Å²) in [6.45, 7) is 1.03. The summed E-state index contributed by atoms with van der Waals surface area (Å²) >= 11 is 6.17. The van der Waals surface area contributed by atoms with Gasteiger partial charge >= 0.3 is 0 Å². The third kappa shape index (κ3) is 3.25. The fraction of sp³-hybridized carbons (Fsp3) is 0.692. The van der Waals surface area contributed by atoms with Gasteiger partial charge in [-0.3, -0.25) is 0 Å². The van der Waals surface area contributed by atoms with Gasteiger partial charge in [0.1, 0.15) is 5.02 Å². The average molecular weight is 269 g/mol. The lowest BCUT2D eigenvalue weighted by Crippen LogP contribution is -2.28. The molecule has 0 atom stereocenters. The van der Waals surface area contributed by atoms with E-state index >= 15 is 0 Å². The van der Waals surface area contributed by atoms with Gasteiger partial charge in [0.25, 0.3) is 0 Å². The first-order valence-corrected chi connectivity index (χ1v) is 7.00. The van der Waals surface area contributed by atoms with Crippen LogP contribution >= 0.6 is 11.6 Å². The smallest absolute Gasteiger partial charge is 0.224 e. The van der Waals surface area contributed by atoms with Gasteiger partial charge in [0, 0.05) is 20.6 Å². The lowest BCUT2D eigenvalue weighted by atomic mass is 9.89. The highest BCUT2D eigenvalue weighted by molar-refractivity contribution is 6.32. The van der Waals surface area contributed by atoms with Gasteiger partial charge in [-0.25, -0.2) is 4.98 Å². The molecule has 1 aromatic heterocycles. The van der Waals surface area contributed by atoms with E-state index in [1.165, 1.54) is 32.1 Å². The van der Waals surface area contributed by atoms with Crippen LogP contribution in [0.5, 0.6) is 0 Å². The summed E-state index contributed by atoms with van der Waals surface area (Å²) in [6.07, 6.45) is 8.42. The summed E-state index contributed by atoms with van der Waals surface area (Å²) in [5.74, 6) is 2.21. The molecular weight excluding hydrogens is 248 g/mol. The Hall–Kier alpha value is -1.03. The van der Waals surface area contributed by atoms with E-state index in [1.807, 2.05) is 7.05 Å². The summed E-state index contributed by atoms with van der Waals surface area (Å²) in [7, 11) is 3.87. The Labute approximate surface area is 114 Å². The molecule has 100 valence electrons. The number of nitrogens with zero attached hydrogens (tertiary/aromatic N) is 3. The Morgan fingerprint density at radius 1 is 1.39 bits per heavy atom. The van der Waals surface area contributed by atoms with Crippen LogP contribution < -0.4 is 10.2 Å². The Balaban J connectivity index is 2.04. The third-order valence-corrected chi connectivity index (χ3v) is 3.83. The highest BCUT2D eigenvalue weighted by Crippen LogP contribution is 2.28. The molecule has 0 amide bonds. The molecule has 4 nitrogen and oxygen atoms in total. The number of nitrogens with one attached hydrogen (secondary N) is 1. The van der Waals surface area contributed by atoms with Gasteiger partial charge in [0.15, 0.2) is 5.82 Å². The van der Waals surface area contributed by atoms with Crippen LogP contribution in [0.15, 0.2) is 6.20 Å². The Bertz CT molecular complexity index is 391. The molecule has 1 saturated carbocycles. The van der Waals surface area contributed by atoms with E-state index in [9.17, 15) is 0 Å². The van der Waals surface area contributed by atoms with Gasteiger partial charge in [-0.05, 0) is 18.8 Å². The maximum Gasteiger partial charge on any atom is 0.224 e. The maximum atomic E-state index is 6.17. The van der Waals surface area contributed by atoms with E-state index in [4.69, 9.17) is 11.6 Å². The second-order valence-corrected chi connectivity index (χ2v) is 5.41. The van der Waals surface area contributed by atoms with E-state index in [0.717, 1.165) is 18.3 Å². The van der Waals surface area contributed by atoms with Crippen LogP contribution in [0, 0.1) is 5.92 Å². The average Bonchev–Trinajstić information content (AvgIpc) is 2.40. The molecule has 1 aliphatic carbocycles. The highest BCUT2D eigenvalue weighted by atomic mass is 35.5. The second-order valence-electron chi connectivity index (χ2n) is 5.00. The number of aromatic nitrogens is 2. The third-order valence-electron chi connectivity index (χ3n) is 3.57. The topological polar surface area (TPSA) is 41.1 Å². The minimum atomic E-state index is 0.616. The maximum absolute atomic E-state index is 6.17. The molecule has 0 radical (unpaired) electrons. The molecule has 0 aliphatic heterocycles. The molecular formula is C13H21ClN4. The van der Waals surface area contributed by atoms with Crippen molar-refractivity contribution in [3.05, 3.63) is 11.2 Å². The molecule has 0 bridgehead atoms. The van der Waals surface area contributed by atoms with Crippen LogP contribution in [0.25, 0.3) is 0 Å². The highest BCUT2D eigenvalue weighted by Gasteiger charge is 2.18. The first kappa shape index (κ1) is 13.4. The predicted octanol–water partition coefficient (Wildman–Crippen LogP) is 3.19. The first-order chi connectivity index (χ1) is 8.70. The van der Waals surface area contributed by atoms with Crippen molar-refractivity contribution in [2.45, 2.75) is 32.1 Å². The monoisotopic (exact) mass is 268 g/mol. The van der Waals surface area contributed by atoms with Crippen LogP contribution in [0.3, 0.4) is 0 Å². The molecule has 1 aliphatic rings. The number of hydrogen-bond donors (Lipinski definition) is 1. The van der Waals surface area contributed by atoms with Crippen molar-refractivity contribution >= 4 is 23.4 Å². The van der Waals surface area contributed by atoms with Crippen molar-refractivity contribution < 1.29 is 0 Å². The van der Waals surface area contributed by atoms with Crippen molar-refractivity contribution in [2.75, 3.05) is 30.9 Å². The lowest BCUT2D eigenvalue weighted by molar-refractivity contribution is 0.361. The van der Waals surface area contributed by atoms with Gasteiger partial charge in [-0.15, -0.1) is 0 Å². The standard InChI is InChI=1S/C13H21ClN4/c1-15-13-16-8-11(14)12(17-13)18(2)9-10-6-4-3-5-7-10/h8,10H,3-7,9H2,1-2H3,(H,15,16,17). The van der Waals surface area contributed by atoms with Crippen LogP contribution in [-0.2, 0) is 0 Å². The van der Waals surface area contributed by atoms with Gasteiger partial charge in [0.2, 0.25) is 5.95 Å². The van der Waals surface area contributed by atoms with E-state index in [-0.39, 0.29) is 0 Å². The molecule has 0 unspecified atom stereocenters. The van der Waals surface area contributed by atoms with E-state index < -0.39 is 0 Å². The van der Waals surface area contributed by atoms with Gasteiger partial charge in [-0.1, -0.05) is 30.9 Å². The minimum absolute atomic E-state index is 0.616. The summed E-state index contributed by atoms with van der Waals surface area (Å²) in [5, 5.41) is 3.56. The number of hydrogen-bond acceptors (Lipinski definition) is 4. The largest absolute Gasteiger partial charge is 0.358 e. The van der Waals surface area contributed by atoms with E-state index in [2.05, 4.69) is 27.2 Å². The summed E-state index contributed by atoms with van der Waals surface area (Å²) in [4.78, 5) is 10.7. The van der Waals surface area contributed by atoms with Gasteiger partial charge < -0.3 is 10.2 Å². The predicted molar refractivity (Wildman–Crippen MR) is 76.4 cm³/mol. The molecule has 0 spiro atoms. The van der Waals surface area contributed by atoms with Crippen LogP contribution in [0.2, 0.25) is 5.02 Å². The first-order valence-electron chi connectivity index (χ1n) is 6.62. The SMILES string of the molecule is CNc1ncc(Cl)c(N(C)CC2CCCCC2)n1. The lowest BCUT2D eigenvalue weighted by Gasteiger charge is -2.28. The molecule has 1 N–H and O–H groups in total. The molecule has 1 heterocycles. The second kappa shape index (κ2) is 6.23. The number of rotatable bonds is 4. The van der Waals surface area contributed by atoms with Crippen LogP contribution in [0.1, 0.15) is 32.1 Å². The van der Waals surface area contributed by atoms with Crippen molar-refractivity contribution in [1.29, 1.82) is 0 Å². The zero-order valence-electron chi connectivity index (χ0n) is 11.1. The molecule has 0 aromatic carbocycles. The van der Waals surface area contributed by atoms with Gasteiger partial charge in [-0.2, -0.15) is 4.98 Å². The fourth-order valence-corrected chi connectivity index (χ4v) is 2.83. The molecule has 1 fully saturated rings. The molecule has 0 saturated heterocycles. The zero-order chi connectivity index (χ0) is 13.0. The summed E-state index contributed by atoms with van der Waals surface area (Å²) in [6, 6.07) is 0. The van der Waals surface area contributed by atoms with E-state index in [0.29, 0.717) is 11.0 Å². The quantitative estimate of drug-likeness (QED) is 0.911. The molecule has 2 rings (SSSR count). The summed E-state index contributed by atoms with van der Waals surface area (Å²) in [5.41, 5.74) is 0. The van der Waals surface area contributed by atoms with Crippen molar-refractivity contribution in [2.24, 2.45) is 5.92 Å². The minimum Gasteiger partial charge on any atom is -0.358 e. The van der Waals surface area contributed by atoms with Crippen molar-refractivity contribution in [1.82, 2.24) is 9.97 Å². The Morgan fingerprint density at radius 3 is 2.78 bits per heavy atom. The van der Waals surface area contributed by atoms with E-state index in [1.54, 1.807) is 6.20 Å². The molecule has 18 heavy (non-hydrogen) atoms.